The van der Waals surface area contributed by atoms with Gasteiger partial charge in [0.1, 0.15) is 29.0 Å². The molecule has 0 unspecified atom stereocenters. The first-order valence-corrected chi connectivity index (χ1v) is 13.4. The Bertz CT molecular complexity index is 2170. The number of halogens is 10. The number of benzene rings is 6. The van der Waals surface area contributed by atoms with Gasteiger partial charge in [-0.2, -0.15) is 0 Å². The highest BCUT2D eigenvalue weighted by molar-refractivity contribution is 6.64. The topological polar surface area (TPSA) is 18.5 Å². The van der Waals surface area contributed by atoms with Crippen molar-refractivity contribution in [3.8, 4) is 22.6 Å². The van der Waals surface area contributed by atoms with Gasteiger partial charge in [-0.05, 0) is 72.1 Å². The maximum atomic E-state index is 15.9. The molecule has 6 aromatic rings. The molecule has 46 heavy (non-hydrogen) atoms. The number of fused-ring (bicyclic) bond motifs is 5. The zero-order valence-electron chi connectivity index (χ0n) is 22.7. The highest BCUT2D eigenvalue weighted by Gasteiger charge is 2.42. The summed E-state index contributed by atoms with van der Waals surface area (Å²) in [7, 11) is -2.23. The van der Waals surface area contributed by atoms with E-state index in [9.17, 15) is 30.7 Å². The van der Waals surface area contributed by atoms with Crippen LogP contribution in [0, 0.1) is 58.2 Å². The number of hydrogen-bond acceptors (Lipinski definition) is 2. The zero-order valence-corrected chi connectivity index (χ0v) is 22.7. The highest BCUT2D eigenvalue weighted by atomic mass is 19.2. The summed E-state index contributed by atoms with van der Waals surface area (Å²) in [6, 6.07) is 10.1. The van der Waals surface area contributed by atoms with Crippen molar-refractivity contribution >= 4 is 34.1 Å². The Hall–Kier alpha value is -5.20. The number of hydrogen-bond donors (Lipinski definition) is 0. The van der Waals surface area contributed by atoms with Crippen molar-refractivity contribution in [1.82, 2.24) is 0 Å². The van der Waals surface area contributed by atoms with E-state index >= 15 is 13.2 Å². The zero-order chi connectivity index (χ0) is 32.6. The van der Waals surface area contributed by atoms with Crippen molar-refractivity contribution < 1.29 is 53.2 Å². The molecule has 230 valence electrons. The van der Waals surface area contributed by atoms with Gasteiger partial charge < -0.3 is 9.31 Å². The summed E-state index contributed by atoms with van der Waals surface area (Å²) in [5.41, 5.74) is -2.01. The summed E-state index contributed by atoms with van der Waals surface area (Å²) in [6.07, 6.45) is -0.358. The van der Waals surface area contributed by atoms with Crippen LogP contribution in [0.3, 0.4) is 0 Å². The standard InChI is InChI=1S/C33H13BF10O2/c35-17-3-1-2-13-12-16-27(24(13)17)31(42)33(44)32(43)28(16)34(45-22-10-8-18(36)25-14(22)4-6-20(38)29(25)40)46-23-11-9-19(37)26-15(23)5-7-21(39)30(26)41/h1-11H,12H2. The minimum absolute atomic E-state index is 0.147. The van der Waals surface area contributed by atoms with Crippen LogP contribution < -0.4 is 14.8 Å². The lowest BCUT2D eigenvalue weighted by molar-refractivity contribution is 0.427. The molecule has 0 spiro atoms. The van der Waals surface area contributed by atoms with Crippen LogP contribution >= 0.6 is 0 Å². The molecular weight excluding hydrogens is 629 g/mol. The summed E-state index contributed by atoms with van der Waals surface area (Å²) in [5, 5.41) is -2.52. The fourth-order valence-electron chi connectivity index (χ4n) is 5.80. The molecule has 0 atom stereocenters. The van der Waals surface area contributed by atoms with Gasteiger partial charge in [0.25, 0.3) is 0 Å². The van der Waals surface area contributed by atoms with Crippen molar-refractivity contribution in [3.63, 3.8) is 0 Å². The first-order valence-electron chi connectivity index (χ1n) is 13.4. The van der Waals surface area contributed by atoms with Crippen LogP contribution in [0.4, 0.5) is 43.9 Å². The Morgan fingerprint density at radius 2 is 0.978 bits per heavy atom. The summed E-state index contributed by atoms with van der Waals surface area (Å²) in [6.45, 7) is 0. The summed E-state index contributed by atoms with van der Waals surface area (Å²) in [4.78, 5) is 0. The van der Waals surface area contributed by atoms with Crippen molar-refractivity contribution in [2.24, 2.45) is 0 Å². The predicted octanol–water partition coefficient (Wildman–Crippen LogP) is 8.81. The second kappa shape index (κ2) is 10.7. The molecule has 6 aromatic carbocycles. The van der Waals surface area contributed by atoms with E-state index in [0.717, 1.165) is 30.3 Å². The smallest absolute Gasteiger partial charge is 0.521 e. The van der Waals surface area contributed by atoms with Crippen LogP contribution in [0.2, 0.25) is 0 Å². The van der Waals surface area contributed by atoms with Crippen LogP contribution in [0.1, 0.15) is 11.1 Å². The van der Waals surface area contributed by atoms with Gasteiger partial charge >= 0.3 is 7.12 Å². The maximum Gasteiger partial charge on any atom is 0.636 e. The molecule has 0 amide bonds. The molecule has 0 bridgehead atoms. The SMILES string of the molecule is Fc1cccc2c1-c1c(F)c(F)c(F)c(B(Oc3ccc(F)c4c(F)c(F)ccc34)Oc3ccc(F)c4c(F)c(F)ccc34)c1C2. The third kappa shape index (κ3) is 4.36. The van der Waals surface area contributed by atoms with E-state index in [2.05, 4.69) is 0 Å². The van der Waals surface area contributed by atoms with Crippen LogP contribution in [-0.2, 0) is 6.42 Å². The minimum atomic E-state index is -2.23. The molecule has 0 heterocycles. The molecule has 0 aromatic heterocycles. The first-order chi connectivity index (χ1) is 22.0. The first kappa shape index (κ1) is 29.5. The fraction of sp³-hybridized carbons (Fsp3) is 0.0303. The summed E-state index contributed by atoms with van der Waals surface area (Å²) >= 11 is 0. The van der Waals surface area contributed by atoms with Gasteiger partial charge in [-0.25, -0.2) is 43.9 Å². The van der Waals surface area contributed by atoms with Gasteiger partial charge in [-0.1, -0.05) is 12.1 Å². The summed E-state index contributed by atoms with van der Waals surface area (Å²) in [5.74, 6) is -15.9. The molecule has 0 fully saturated rings. The molecule has 0 radical (unpaired) electrons. The fourth-order valence-corrected chi connectivity index (χ4v) is 5.80. The van der Waals surface area contributed by atoms with Gasteiger partial charge in [-0.3, -0.25) is 0 Å². The third-order valence-electron chi connectivity index (χ3n) is 7.85. The van der Waals surface area contributed by atoms with E-state index in [0.29, 0.717) is 24.3 Å². The van der Waals surface area contributed by atoms with Crippen LogP contribution in [0.15, 0.2) is 66.7 Å². The van der Waals surface area contributed by atoms with Crippen LogP contribution in [-0.4, -0.2) is 7.12 Å². The largest absolute Gasteiger partial charge is 0.636 e. The molecule has 0 saturated heterocycles. The number of rotatable bonds is 5. The molecule has 0 aliphatic heterocycles. The molecular formula is C33H13BF10O2. The average Bonchev–Trinajstić information content (AvgIpc) is 3.42. The van der Waals surface area contributed by atoms with Crippen molar-refractivity contribution in [2.75, 3.05) is 0 Å². The Kier molecular flexibility index (Phi) is 6.87. The second-order valence-electron chi connectivity index (χ2n) is 10.4. The van der Waals surface area contributed by atoms with Crippen molar-refractivity contribution in [3.05, 3.63) is 136 Å². The molecule has 0 saturated carbocycles. The molecule has 1 aliphatic carbocycles. The van der Waals surface area contributed by atoms with E-state index < -0.39 is 109 Å². The minimum Gasteiger partial charge on any atom is -0.521 e. The predicted molar refractivity (Wildman–Crippen MR) is 149 cm³/mol. The Morgan fingerprint density at radius 1 is 0.457 bits per heavy atom. The molecule has 13 heteroatoms. The third-order valence-corrected chi connectivity index (χ3v) is 7.85. The quantitative estimate of drug-likeness (QED) is 0.106. The van der Waals surface area contributed by atoms with E-state index in [1.165, 1.54) is 12.1 Å². The average molecular weight is 642 g/mol. The molecule has 0 N–H and O–H groups in total. The molecule has 1 aliphatic rings. The summed E-state index contributed by atoms with van der Waals surface area (Å²) < 4.78 is 160. The van der Waals surface area contributed by atoms with Gasteiger partial charge in [0.05, 0.1) is 16.2 Å². The normalized spacial score (nSPS) is 12.0. The lowest BCUT2D eigenvalue weighted by Gasteiger charge is -2.22. The Balaban J connectivity index is 1.49. The van der Waals surface area contributed by atoms with Gasteiger partial charge in [0.2, 0.25) is 0 Å². The monoisotopic (exact) mass is 642 g/mol. The van der Waals surface area contributed by atoms with E-state index in [1.54, 1.807) is 0 Å². The lowest BCUT2D eigenvalue weighted by Crippen LogP contribution is -2.47. The van der Waals surface area contributed by atoms with Gasteiger partial charge in [0.15, 0.2) is 40.7 Å². The van der Waals surface area contributed by atoms with E-state index in [-0.39, 0.29) is 23.1 Å². The second-order valence-corrected chi connectivity index (χ2v) is 10.4. The van der Waals surface area contributed by atoms with Crippen molar-refractivity contribution in [1.29, 1.82) is 0 Å². The Morgan fingerprint density at radius 3 is 1.52 bits per heavy atom. The maximum absolute atomic E-state index is 15.9. The van der Waals surface area contributed by atoms with Crippen LogP contribution in [0.25, 0.3) is 32.7 Å². The van der Waals surface area contributed by atoms with E-state index in [1.807, 2.05) is 0 Å². The highest BCUT2D eigenvalue weighted by Crippen LogP contribution is 2.42. The van der Waals surface area contributed by atoms with E-state index in [4.69, 9.17) is 9.31 Å². The van der Waals surface area contributed by atoms with Crippen LogP contribution in [0.5, 0.6) is 11.5 Å². The van der Waals surface area contributed by atoms with Gasteiger partial charge in [-0.15, -0.1) is 0 Å². The lowest BCUT2D eigenvalue weighted by atomic mass is 9.73. The van der Waals surface area contributed by atoms with Crippen molar-refractivity contribution in [2.45, 2.75) is 6.42 Å². The van der Waals surface area contributed by atoms with Gasteiger partial charge in [0, 0.05) is 21.9 Å². The molecule has 7 rings (SSSR count). The Labute approximate surface area is 252 Å². The molecule has 2 nitrogen and oxygen atoms in total.